The van der Waals surface area contributed by atoms with Crippen molar-refractivity contribution >= 4 is 86.8 Å². The molecule has 1 atom stereocenters. The number of esters is 1. The first kappa shape index (κ1) is 36.4. The van der Waals surface area contributed by atoms with Gasteiger partial charge in [0.25, 0.3) is 11.8 Å². The summed E-state index contributed by atoms with van der Waals surface area (Å²) in [6, 6.07) is 29.7. The Bertz CT molecular complexity index is 2050. The number of thioether (sulfide) groups is 1. The third kappa shape index (κ3) is 9.42. The second-order valence-electron chi connectivity index (χ2n) is 10.7. The van der Waals surface area contributed by atoms with Gasteiger partial charge in [-0.3, -0.25) is 14.4 Å². The van der Waals surface area contributed by atoms with Crippen molar-refractivity contribution in [2.24, 2.45) is 0 Å². The highest BCUT2D eigenvalue weighted by Crippen LogP contribution is 2.37. The van der Waals surface area contributed by atoms with Crippen LogP contribution in [0.25, 0.3) is 17.2 Å². The Morgan fingerprint density at radius 3 is 2.30 bits per heavy atom. The van der Waals surface area contributed by atoms with Crippen molar-refractivity contribution in [3.05, 3.63) is 141 Å². The lowest BCUT2D eigenvalue weighted by atomic mass is 10.0. The molecule has 1 heterocycles. The summed E-state index contributed by atoms with van der Waals surface area (Å²) < 4.78 is 5.31. The number of hydrogen-bond donors (Lipinski definition) is 3. The summed E-state index contributed by atoms with van der Waals surface area (Å²) in [5.41, 5.74) is 3.06. The largest absolute Gasteiger partial charge is 0.462 e. The lowest BCUT2D eigenvalue weighted by Gasteiger charge is -2.14. The Balaban J connectivity index is 1.31. The molecule has 0 radical (unpaired) electrons. The summed E-state index contributed by atoms with van der Waals surface area (Å²) >= 11 is 15.0. The highest BCUT2D eigenvalue weighted by molar-refractivity contribution is 8.00. The zero-order valence-corrected chi connectivity index (χ0v) is 30.0. The SMILES string of the molecule is CCOC(=O)c1c(-c2ccccc2)csc1NC(=O)C(C)Sc1cccc(NC(=O)/C(=C\c2ccc(Cl)cc2Cl)NC(=O)c2ccccc2)c1. The third-order valence-corrected chi connectivity index (χ3v) is 9.71. The van der Waals surface area contributed by atoms with E-state index in [1.54, 1.807) is 80.6 Å². The van der Waals surface area contributed by atoms with Gasteiger partial charge in [0.2, 0.25) is 5.91 Å². The lowest BCUT2D eigenvalue weighted by molar-refractivity contribution is -0.115. The van der Waals surface area contributed by atoms with Crippen LogP contribution in [-0.2, 0) is 14.3 Å². The summed E-state index contributed by atoms with van der Waals surface area (Å²) in [6.07, 6.45) is 1.47. The highest BCUT2D eigenvalue weighted by atomic mass is 35.5. The first-order valence-electron chi connectivity index (χ1n) is 15.4. The predicted molar refractivity (Wildman–Crippen MR) is 203 cm³/mol. The van der Waals surface area contributed by atoms with Gasteiger partial charge in [-0.05, 0) is 73.5 Å². The molecule has 4 aromatic carbocycles. The molecule has 0 bridgehead atoms. The molecule has 8 nitrogen and oxygen atoms in total. The van der Waals surface area contributed by atoms with Crippen molar-refractivity contribution in [1.29, 1.82) is 0 Å². The number of halogens is 2. The normalized spacial score (nSPS) is 11.7. The van der Waals surface area contributed by atoms with Crippen LogP contribution in [-0.4, -0.2) is 35.5 Å². The lowest BCUT2D eigenvalue weighted by Crippen LogP contribution is -2.30. The third-order valence-electron chi connectivity index (χ3n) is 7.16. The Morgan fingerprint density at radius 1 is 0.880 bits per heavy atom. The number of rotatable bonds is 12. The second kappa shape index (κ2) is 17.2. The van der Waals surface area contributed by atoms with Gasteiger partial charge < -0.3 is 20.7 Å². The number of benzene rings is 4. The van der Waals surface area contributed by atoms with Crippen LogP contribution in [0.15, 0.2) is 119 Å². The van der Waals surface area contributed by atoms with Gasteiger partial charge in [-0.1, -0.05) is 83.9 Å². The smallest absolute Gasteiger partial charge is 0.341 e. The van der Waals surface area contributed by atoms with Gasteiger partial charge in [-0.25, -0.2) is 4.79 Å². The van der Waals surface area contributed by atoms with Crippen molar-refractivity contribution in [3.8, 4) is 11.1 Å². The first-order valence-corrected chi connectivity index (χ1v) is 17.9. The molecule has 50 heavy (non-hydrogen) atoms. The van der Waals surface area contributed by atoms with Crippen LogP contribution < -0.4 is 16.0 Å². The number of hydrogen-bond acceptors (Lipinski definition) is 7. The molecule has 0 aliphatic rings. The Morgan fingerprint density at radius 2 is 1.60 bits per heavy atom. The van der Waals surface area contributed by atoms with Crippen LogP contribution in [0.4, 0.5) is 10.7 Å². The van der Waals surface area contributed by atoms with E-state index >= 15 is 0 Å². The number of anilines is 2. The molecule has 0 saturated carbocycles. The molecule has 5 rings (SSSR count). The second-order valence-corrected chi connectivity index (χ2v) is 13.9. The van der Waals surface area contributed by atoms with Crippen molar-refractivity contribution < 1.29 is 23.9 Å². The van der Waals surface area contributed by atoms with Crippen molar-refractivity contribution in [3.63, 3.8) is 0 Å². The van der Waals surface area contributed by atoms with E-state index in [2.05, 4.69) is 16.0 Å². The molecule has 0 fully saturated rings. The zero-order chi connectivity index (χ0) is 35.6. The minimum Gasteiger partial charge on any atom is -0.462 e. The van der Waals surface area contributed by atoms with Crippen LogP contribution in [0.2, 0.25) is 10.0 Å². The van der Waals surface area contributed by atoms with Gasteiger partial charge in [0.15, 0.2) is 0 Å². The van der Waals surface area contributed by atoms with E-state index in [-0.39, 0.29) is 18.2 Å². The Labute approximate surface area is 307 Å². The summed E-state index contributed by atoms with van der Waals surface area (Å²) in [5.74, 6) is -1.90. The molecule has 1 aromatic heterocycles. The fourth-order valence-corrected chi connectivity index (χ4v) is 7.07. The van der Waals surface area contributed by atoms with E-state index in [1.165, 1.54) is 29.2 Å². The molecular formula is C38H31Cl2N3O5S2. The van der Waals surface area contributed by atoms with Crippen molar-refractivity contribution in [1.82, 2.24) is 5.32 Å². The molecule has 254 valence electrons. The van der Waals surface area contributed by atoms with Crippen LogP contribution in [0.5, 0.6) is 0 Å². The van der Waals surface area contributed by atoms with Crippen LogP contribution in [0.3, 0.4) is 0 Å². The van der Waals surface area contributed by atoms with E-state index in [9.17, 15) is 19.2 Å². The summed E-state index contributed by atoms with van der Waals surface area (Å²) in [5, 5.41) is 10.8. The maximum Gasteiger partial charge on any atom is 0.341 e. The number of thiophene rings is 1. The summed E-state index contributed by atoms with van der Waals surface area (Å²) in [4.78, 5) is 53.6. The maximum absolute atomic E-state index is 13.6. The number of ether oxygens (including phenoxy) is 1. The van der Waals surface area contributed by atoms with Gasteiger partial charge in [0, 0.05) is 37.1 Å². The van der Waals surface area contributed by atoms with Crippen LogP contribution >= 0.6 is 46.3 Å². The van der Waals surface area contributed by atoms with Crippen LogP contribution in [0, 0.1) is 0 Å². The Hall–Kier alpha value is -4.87. The van der Waals surface area contributed by atoms with E-state index in [0.29, 0.717) is 47.9 Å². The van der Waals surface area contributed by atoms with Crippen molar-refractivity contribution in [2.75, 3.05) is 17.2 Å². The zero-order valence-electron chi connectivity index (χ0n) is 26.9. The van der Waals surface area contributed by atoms with Gasteiger partial charge in [-0.2, -0.15) is 0 Å². The van der Waals surface area contributed by atoms with Gasteiger partial charge >= 0.3 is 5.97 Å². The monoisotopic (exact) mass is 743 g/mol. The molecule has 12 heteroatoms. The molecule has 0 aliphatic carbocycles. The predicted octanol–water partition coefficient (Wildman–Crippen LogP) is 9.43. The number of amides is 3. The van der Waals surface area contributed by atoms with Gasteiger partial charge in [0.1, 0.15) is 16.3 Å². The fourth-order valence-electron chi connectivity index (χ4n) is 4.72. The van der Waals surface area contributed by atoms with Crippen molar-refractivity contribution in [2.45, 2.75) is 24.0 Å². The number of nitrogens with one attached hydrogen (secondary N) is 3. The standard InChI is InChI=1S/C38H31Cl2N3O5S2/c1-3-48-38(47)33-30(24-11-6-4-7-12-24)22-49-37(33)43-34(44)23(2)50-29-16-10-15-28(21-29)41-36(46)32(19-26-17-18-27(39)20-31(26)40)42-35(45)25-13-8-5-9-14-25/h4-23H,3H2,1-2H3,(H,41,46)(H,42,45)(H,43,44)/b32-19+. The highest BCUT2D eigenvalue weighted by Gasteiger charge is 2.25. The first-order chi connectivity index (χ1) is 24.1. The average molecular weight is 745 g/mol. The summed E-state index contributed by atoms with van der Waals surface area (Å²) in [6.45, 7) is 3.67. The minimum absolute atomic E-state index is 0.0444. The van der Waals surface area contributed by atoms with E-state index < -0.39 is 23.0 Å². The van der Waals surface area contributed by atoms with E-state index in [4.69, 9.17) is 27.9 Å². The summed E-state index contributed by atoms with van der Waals surface area (Å²) in [7, 11) is 0. The van der Waals surface area contributed by atoms with Gasteiger partial charge in [0.05, 0.1) is 11.9 Å². The quantitative estimate of drug-likeness (QED) is 0.0667. The molecule has 3 amide bonds. The Kier molecular flexibility index (Phi) is 12.5. The number of carbonyl (C=O) groups is 4. The average Bonchev–Trinajstić information content (AvgIpc) is 3.53. The molecule has 1 unspecified atom stereocenters. The number of carbonyl (C=O) groups excluding carboxylic acids is 4. The molecule has 5 aromatic rings. The molecule has 0 saturated heterocycles. The maximum atomic E-state index is 13.6. The molecule has 3 N–H and O–H groups in total. The topological polar surface area (TPSA) is 114 Å². The molecule has 0 spiro atoms. The van der Waals surface area contributed by atoms with E-state index in [1.807, 2.05) is 41.8 Å². The minimum atomic E-state index is -0.591. The fraction of sp³-hybridized carbons (Fsp3) is 0.105. The molecule has 0 aliphatic heterocycles. The van der Waals surface area contributed by atoms with Gasteiger partial charge in [-0.15, -0.1) is 23.1 Å². The molecular weight excluding hydrogens is 713 g/mol. The van der Waals surface area contributed by atoms with E-state index in [0.717, 1.165) is 5.56 Å². The van der Waals surface area contributed by atoms with Crippen LogP contribution in [0.1, 0.15) is 40.1 Å².